The smallest absolute Gasteiger partial charge is 0.335 e. The lowest BCUT2D eigenvalue weighted by Crippen LogP contribution is -2.45. The van der Waals surface area contributed by atoms with Crippen molar-refractivity contribution in [2.75, 3.05) is 13.6 Å². The molecular formula is C12H23F3N2O. The van der Waals surface area contributed by atoms with Crippen molar-refractivity contribution in [2.45, 2.75) is 52.3 Å². The van der Waals surface area contributed by atoms with E-state index in [1.165, 1.54) is 0 Å². The van der Waals surface area contributed by atoms with Gasteiger partial charge in [0.15, 0.2) is 0 Å². The molecule has 0 heterocycles. The van der Waals surface area contributed by atoms with Gasteiger partial charge in [-0.2, -0.15) is 13.2 Å². The second kappa shape index (κ2) is 7.48. The number of amides is 2. The van der Waals surface area contributed by atoms with E-state index in [9.17, 15) is 18.0 Å². The monoisotopic (exact) mass is 268 g/mol. The van der Waals surface area contributed by atoms with Gasteiger partial charge in [-0.25, -0.2) is 4.79 Å². The van der Waals surface area contributed by atoms with Gasteiger partial charge in [0.05, 0.1) is 0 Å². The molecule has 6 heteroatoms. The second-order valence-corrected chi connectivity index (χ2v) is 4.54. The van der Waals surface area contributed by atoms with Crippen LogP contribution in [0.1, 0.15) is 40.0 Å². The third kappa shape index (κ3) is 6.71. The van der Waals surface area contributed by atoms with Crippen molar-refractivity contribution in [1.82, 2.24) is 10.2 Å². The van der Waals surface area contributed by atoms with E-state index in [0.29, 0.717) is 10.8 Å². The molecule has 1 aliphatic carbocycles. The summed E-state index contributed by atoms with van der Waals surface area (Å²) < 4.78 is 36.1. The SMILES string of the molecule is CC.CC1CCC(NC(=O)N(C)CC(F)(F)F)C1. The molecule has 0 aliphatic heterocycles. The molecule has 3 nitrogen and oxygen atoms in total. The van der Waals surface area contributed by atoms with Gasteiger partial charge in [-0.15, -0.1) is 0 Å². The molecule has 0 aromatic carbocycles. The third-order valence-corrected chi connectivity index (χ3v) is 2.79. The minimum atomic E-state index is -4.34. The topological polar surface area (TPSA) is 32.3 Å². The average molecular weight is 268 g/mol. The summed E-state index contributed by atoms with van der Waals surface area (Å²) in [6.07, 6.45) is -1.61. The van der Waals surface area contributed by atoms with Crippen LogP contribution in [0, 0.1) is 5.92 Å². The highest BCUT2D eigenvalue weighted by Gasteiger charge is 2.32. The zero-order valence-electron chi connectivity index (χ0n) is 11.5. The van der Waals surface area contributed by atoms with Gasteiger partial charge in [-0.05, 0) is 25.2 Å². The van der Waals surface area contributed by atoms with Gasteiger partial charge >= 0.3 is 12.2 Å². The Labute approximate surface area is 107 Å². The van der Waals surface area contributed by atoms with Crippen LogP contribution in [-0.4, -0.2) is 36.7 Å². The molecule has 2 unspecified atom stereocenters. The number of rotatable bonds is 2. The first-order valence-electron chi connectivity index (χ1n) is 6.36. The van der Waals surface area contributed by atoms with Crippen molar-refractivity contribution in [2.24, 2.45) is 5.92 Å². The van der Waals surface area contributed by atoms with Gasteiger partial charge in [0.25, 0.3) is 0 Å². The van der Waals surface area contributed by atoms with E-state index in [1.54, 1.807) is 0 Å². The van der Waals surface area contributed by atoms with Gasteiger partial charge in [0.1, 0.15) is 6.54 Å². The lowest BCUT2D eigenvalue weighted by Gasteiger charge is -2.22. The Kier molecular flexibility index (Phi) is 7.09. The van der Waals surface area contributed by atoms with Gasteiger partial charge in [0, 0.05) is 13.1 Å². The minimum Gasteiger partial charge on any atom is -0.335 e. The summed E-state index contributed by atoms with van der Waals surface area (Å²) in [5.74, 6) is 0.540. The first kappa shape index (κ1) is 17.1. The maximum atomic E-state index is 12.0. The first-order valence-corrected chi connectivity index (χ1v) is 6.36. The summed E-state index contributed by atoms with van der Waals surface area (Å²) in [7, 11) is 1.15. The zero-order valence-corrected chi connectivity index (χ0v) is 11.5. The van der Waals surface area contributed by atoms with E-state index in [2.05, 4.69) is 12.2 Å². The molecule has 1 rings (SSSR count). The second-order valence-electron chi connectivity index (χ2n) is 4.54. The minimum absolute atomic E-state index is 0.0261. The van der Waals surface area contributed by atoms with Crippen molar-refractivity contribution < 1.29 is 18.0 Å². The number of carbonyl (C=O) groups is 1. The zero-order chi connectivity index (χ0) is 14.3. The Hall–Kier alpha value is -0.940. The molecule has 108 valence electrons. The van der Waals surface area contributed by atoms with Crippen LogP contribution in [0.25, 0.3) is 0 Å². The van der Waals surface area contributed by atoms with Crippen LogP contribution in [-0.2, 0) is 0 Å². The van der Waals surface area contributed by atoms with E-state index in [0.717, 1.165) is 26.3 Å². The number of nitrogens with zero attached hydrogens (tertiary/aromatic N) is 1. The first-order chi connectivity index (χ1) is 8.28. The predicted octanol–water partition coefficient (Wildman–Crippen LogP) is 3.40. The van der Waals surface area contributed by atoms with Crippen LogP contribution in [0.5, 0.6) is 0 Å². The Morgan fingerprint density at radius 3 is 2.28 bits per heavy atom. The number of halogens is 3. The molecule has 0 aromatic rings. The molecule has 1 fully saturated rings. The van der Waals surface area contributed by atoms with Crippen molar-refractivity contribution in [3.8, 4) is 0 Å². The van der Waals surface area contributed by atoms with Crippen LogP contribution in [0.4, 0.5) is 18.0 Å². The Morgan fingerprint density at radius 1 is 1.33 bits per heavy atom. The van der Waals surface area contributed by atoms with Crippen LogP contribution >= 0.6 is 0 Å². The van der Waals surface area contributed by atoms with Gasteiger partial charge in [-0.3, -0.25) is 0 Å². The Morgan fingerprint density at radius 2 is 1.89 bits per heavy atom. The average Bonchev–Trinajstić information content (AvgIpc) is 2.64. The molecule has 2 amide bonds. The summed E-state index contributed by atoms with van der Waals surface area (Å²) in [4.78, 5) is 12.1. The van der Waals surface area contributed by atoms with Crippen molar-refractivity contribution in [1.29, 1.82) is 0 Å². The highest BCUT2D eigenvalue weighted by Crippen LogP contribution is 2.24. The van der Waals surface area contributed by atoms with Crippen molar-refractivity contribution >= 4 is 6.03 Å². The summed E-state index contributed by atoms with van der Waals surface area (Å²) >= 11 is 0. The van der Waals surface area contributed by atoms with Crippen LogP contribution in [0.2, 0.25) is 0 Å². The largest absolute Gasteiger partial charge is 0.406 e. The molecular weight excluding hydrogens is 245 g/mol. The van der Waals surface area contributed by atoms with Gasteiger partial charge in [-0.1, -0.05) is 20.8 Å². The van der Waals surface area contributed by atoms with Crippen LogP contribution < -0.4 is 5.32 Å². The Balaban J connectivity index is 0.00000137. The molecule has 2 atom stereocenters. The molecule has 1 aliphatic rings. The number of alkyl halides is 3. The van der Waals surface area contributed by atoms with Crippen LogP contribution in [0.3, 0.4) is 0 Å². The fourth-order valence-electron chi connectivity index (χ4n) is 1.96. The predicted molar refractivity (Wildman–Crippen MR) is 65.4 cm³/mol. The quantitative estimate of drug-likeness (QED) is 0.818. The van der Waals surface area contributed by atoms with E-state index in [1.807, 2.05) is 13.8 Å². The van der Waals surface area contributed by atoms with E-state index in [-0.39, 0.29) is 6.04 Å². The fraction of sp³-hybridized carbons (Fsp3) is 0.917. The standard InChI is InChI=1S/C10H17F3N2O.C2H6/c1-7-3-4-8(5-7)14-9(16)15(2)6-10(11,12)13;1-2/h7-8H,3-6H2,1-2H3,(H,14,16);1-2H3. The lowest BCUT2D eigenvalue weighted by atomic mass is 10.1. The molecule has 0 spiro atoms. The summed E-state index contributed by atoms with van der Waals surface area (Å²) in [6, 6.07) is -0.616. The molecule has 1 N–H and O–H groups in total. The van der Waals surface area contributed by atoms with Gasteiger partial charge < -0.3 is 10.2 Å². The summed E-state index contributed by atoms with van der Waals surface area (Å²) in [5, 5.41) is 2.62. The molecule has 18 heavy (non-hydrogen) atoms. The summed E-state index contributed by atoms with van der Waals surface area (Å²) in [5.41, 5.74) is 0. The number of nitrogens with one attached hydrogen (secondary N) is 1. The lowest BCUT2D eigenvalue weighted by molar-refractivity contribution is -0.137. The molecule has 0 bridgehead atoms. The molecule has 0 saturated heterocycles. The van der Waals surface area contributed by atoms with Gasteiger partial charge in [0.2, 0.25) is 0 Å². The molecule has 0 radical (unpaired) electrons. The highest BCUT2D eigenvalue weighted by molar-refractivity contribution is 5.74. The summed E-state index contributed by atoms with van der Waals surface area (Å²) in [6.45, 7) is 4.87. The van der Waals surface area contributed by atoms with Crippen molar-refractivity contribution in [3.63, 3.8) is 0 Å². The van der Waals surface area contributed by atoms with Crippen LogP contribution in [0.15, 0.2) is 0 Å². The number of hydrogen-bond acceptors (Lipinski definition) is 1. The van der Waals surface area contributed by atoms with E-state index >= 15 is 0 Å². The molecule has 0 aromatic heterocycles. The highest BCUT2D eigenvalue weighted by atomic mass is 19.4. The number of urea groups is 1. The molecule has 1 saturated carbocycles. The number of carbonyl (C=O) groups excluding carboxylic acids is 1. The number of hydrogen-bond donors (Lipinski definition) is 1. The maximum absolute atomic E-state index is 12.0. The maximum Gasteiger partial charge on any atom is 0.406 e. The van der Waals surface area contributed by atoms with E-state index < -0.39 is 18.8 Å². The van der Waals surface area contributed by atoms with E-state index in [4.69, 9.17) is 0 Å². The third-order valence-electron chi connectivity index (χ3n) is 2.79. The van der Waals surface area contributed by atoms with Crippen molar-refractivity contribution in [3.05, 3.63) is 0 Å². The normalized spacial score (nSPS) is 23.1. The Bertz CT molecular complexity index is 256. The fourth-order valence-corrected chi connectivity index (χ4v) is 1.96.